The van der Waals surface area contributed by atoms with E-state index in [0.717, 1.165) is 18.8 Å². The van der Waals surface area contributed by atoms with E-state index in [1.165, 1.54) is 18.3 Å². The molecule has 2 rings (SSSR count). The molecule has 1 amide bonds. The fraction of sp³-hybridized carbons (Fsp3) is 0.391. The minimum Gasteiger partial charge on any atom is -0.484 e. The number of halogens is 1. The Morgan fingerprint density at radius 2 is 1.88 bits per heavy atom. The Balaban J connectivity index is 2.16. The highest BCUT2D eigenvalue weighted by Gasteiger charge is 2.17. The molecule has 0 aliphatic carbocycles. The molecule has 1 N–H and O–H groups in total. The second kappa shape index (κ2) is 12.0. The number of benzene rings is 2. The third-order valence-corrected chi connectivity index (χ3v) is 4.53. The lowest BCUT2D eigenvalue weighted by atomic mass is 10.1. The minimum atomic E-state index is -0.463. The van der Waals surface area contributed by atoms with Crippen LogP contribution in [0, 0.1) is 22.0 Å². The Bertz CT molecular complexity index is 953. The van der Waals surface area contributed by atoms with E-state index in [-0.39, 0.29) is 12.3 Å². The Labute approximate surface area is 193 Å². The van der Waals surface area contributed by atoms with Crippen LogP contribution in [0.1, 0.15) is 33.3 Å². The molecule has 0 unspecified atom stereocenters. The first kappa shape index (κ1) is 25.1. The maximum Gasteiger partial charge on any atom is 0.277 e. The molecule has 0 saturated carbocycles. The highest BCUT2D eigenvalue weighted by atomic mass is 35.5. The maximum absolute atomic E-state index is 12.1. The lowest BCUT2D eigenvalue weighted by Crippen LogP contribution is -2.32. The minimum absolute atomic E-state index is 0.0418. The van der Waals surface area contributed by atoms with E-state index >= 15 is 0 Å². The predicted molar refractivity (Wildman–Crippen MR) is 128 cm³/mol. The summed E-state index contributed by atoms with van der Waals surface area (Å²) >= 11 is 5.89. The van der Waals surface area contributed by atoms with Crippen LogP contribution < -0.4 is 15.1 Å². The third-order valence-electron chi connectivity index (χ3n) is 4.29. The summed E-state index contributed by atoms with van der Waals surface area (Å²) in [6.45, 7) is 9.80. The van der Waals surface area contributed by atoms with Gasteiger partial charge >= 0.3 is 0 Å². The summed E-state index contributed by atoms with van der Waals surface area (Å²) in [7, 11) is 0. The summed E-state index contributed by atoms with van der Waals surface area (Å²) in [5, 5.41) is 15.8. The van der Waals surface area contributed by atoms with Crippen LogP contribution in [0.15, 0.2) is 47.6 Å². The highest BCUT2D eigenvalue weighted by Crippen LogP contribution is 2.26. The average molecular weight is 461 g/mol. The maximum atomic E-state index is 12.1. The number of nitrogens with zero attached hydrogens (tertiary/aromatic N) is 3. The van der Waals surface area contributed by atoms with Crippen molar-refractivity contribution in [3.63, 3.8) is 0 Å². The van der Waals surface area contributed by atoms with E-state index < -0.39 is 10.8 Å². The lowest BCUT2D eigenvalue weighted by molar-refractivity contribution is -0.384. The molecule has 0 bridgehead atoms. The number of carbonyl (C=O) groups excluding carboxylic acids is 1. The number of rotatable bonds is 11. The van der Waals surface area contributed by atoms with E-state index in [1.807, 2.05) is 0 Å². The smallest absolute Gasteiger partial charge is 0.277 e. The van der Waals surface area contributed by atoms with Crippen molar-refractivity contribution < 1.29 is 14.5 Å². The van der Waals surface area contributed by atoms with Crippen molar-refractivity contribution in [3.8, 4) is 5.75 Å². The average Bonchev–Trinajstić information content (AvgIpc) is 2.71. The molecule has 9 heteroatoms. The van der Waals surface area contributed by atoms with Gasteiger partial charge in [0.25, 0.3) is 11.6 Å². The quantitative estimate of drug-likeness (QED) is 0.292. The second-order valence-corrected chi connectivity index (χ2v) is 8.67. The van der Waals surface area contributed by atoms with Crippen LogP contribution in [0.2, 0.25) is 5.02 Å². The van der Waals surface area contributed by atoms with Gasteiger partial charge < -0.3 is 9.64 Å². The van der Waals surface area contributed by atoms with Crippen molar-refractivity contribution >= 4 is 35.1 Å². The number of non-ortho nitro benzene ring substituents is 1. The normalized spacial score (nSPS) is 11.2. The van der Waals surface area contributed by atoms with Crippen LogP contribution >= 0.6 is 11.6 Å². The van der Waals surface area contributed by atoms with Crippen LogP contribution in [0.3, 0.4) is 0 Å². The van der Waals surface area contributed by atoms with Gasteiger partial charge in [0.2, 0.25) is 0 Å². The zero-order valence-electron chi connectivity index (χ0n) is 18.7. The Hall–Kier alpha value is -3.13. The summed E-state index contributed by atoms with van der Waals surface area (Å²) in [6.07, 6.45) is 1.42. The number of nitrogens with one attached hydrogen (secondary N) is 1. The van der Waals surface area contributed by atoms with Crippen molar-refractivity contribution in [1.82, 2.24) is 5.43 Å². The fourth-order valence-corrected chi connectivity index (χ4v) is 3.29. The molecular formula is C23H29ClN4O4. The first-order chi connectivity index (χ1) is 15.2. The topological polar surface area (TPSA) is 97.1 Å². The standard InChI is InChI=1S/C23H29ClN4O4/c1-16(2)13-27(14-17(3)4)22-9-8-20(28(30)31)10-18(22)12-25-26-23(29)15-32-21-7-5-6-19(24)11-21/h5-12,16-17H,13-15H2,1-4H3,(H,26,29)/b25-12+. The van der Waals surface area contributed by atoms with E-state index in [0.29, 0.717) is 28.2 Å². The van der Waals surface area contributed by atoms with Gasteiger partial charge in [-0.3, -0.25) is 14.9 Å². The summed E-state index contributed by atoms with van der Waals surface area (Å²) in [4.78, 5) is 25.1. The zero-order chi connectivity index (χ0) is 23.7. The molecule has 0 radical (unpaired) electrons. The SMILES string of the molecule is CC(C)CN(CC(C)C)c1ccc([N+](=O)[O-])cc1/C=N/NC(=O)COc1cccc(Cl)c1. The molecule has 0 fully saturated rings. The number of hydrazone groups is 1. The summed E-state index contributed by atoms with van der Waals surface area (Å²) in [5.41, 5.74) is 3.73. The van der Waals surface area contributed by atoms with Gasteiger partial charge in [0.05, 0.1) is 11.1 Å². The molecule has 0 aliphatic heterocycles. The fourth-order valence-electron chi connectivity index (χ4n) is 3.11. The number of hydrogen-bond acceptors (Lipinski definition) is 6. The lowest BCUT2D eigenvalue weighted by Gasteiger charge is -2.29. The zero-order valence-corrected chi connectivity index (χ0v) is 19.5. The first-order valence-electron chi connectivity index (χ1n) is 10.4. The molecule has 32 heavy (non-hydrogen) atoms. The van der Waals surface area contributed by atoms with Gasteiger partial charge in [-0.05, 0) is 36.1 Å². The molecule has 0 atom stereocenters. The van der Waals surface area contributed by atoms with Gasteiger partial charge in [-0.25, -0.2) is 5.43 Å². The summed E-state index contributed by atoms with van der Waals surface area (Å²) < 4.78 is 5.38. The summed E-state index contributed by atoms with van der Waals surface area (Å²) in [6, 6.07) is 11.4. The monoisotopic (exact) mass is 460 g/mol. The number of amides is 1. The first-order valence-corrected chi connectivity index (χ1v) is 10.8. The number of nitro benzene ring substituents is 1. The largest absolute Gasteiger partial charge is 0.484 e. The van der Waals surface area contributed by atoms with Crippen LogP contribution in [0.25, 0.3) is 0 Å². The molecule has 8 nitrogen and oxygen atoms in total. The molecule has 0 saturated heterocycles. The third kappa shape index (κ3) is 8.19. The number of hydrogen-bond donors (Lipinski definition) is 1. The van der Waals surface area contributed by atoms with Gasteiger partial charge in [0.1, 0.15) is 5.75 Å². The van der Waals surface area contributed by atoms with Crippen molar-refractivity contribution in [3.05, 3.63) is 63.2 Å². The Morgan fingerprint density at radius 1 is 1.19 bits per heavy atom. The number of ether oxygens (including phenoxy) is 1. The molecular weight excluding hydrogens is 432 g/mol. The van der Waals surface area contributed by atoms with Crippen molar-refractivity contribution in [1.29, 1.82) is 0 Å². The molecule has 0 spiro atoms. The van der Waals surface area contributed by atoms with Crippen LogP contribution in [0.5, 0.6) is 5.75 Å². The Morgan fingerprint density at radius 3 is 2.47 bits per heavy atom. The highest BCUT2D eigenvalue weighted by molar-refractivity contribution is 6.30. The van der Waals surface area contributed by atoms with E-state index in [4.69, 9.17) is 16.3 Å². The molecule has 172 valence electrons. The number of carbonyl (C=O) groups is 1. The van der Waals surface area contributed by atoms with Crippen molar-refractivity contribution in [2.45, 2.75) is 27.7 Å². The molecule has 0 aliphatic rings. The molecule has 0 aromatic heterocycles. The predicted octanol–water partition coefficient (Wildman–Crippen LogP) is 4.90. The number of nitro groups is 1. The van der Waals surface area contributed by atoms with E-state index in [2.05, 4.69) is 43.1 Å². The molecule has 2 aromatic rings. The Kier molecular flexibility index (Phi) is 9.46. The van der Waals surface area contributed by atoms with Gasteiger partial charge in [0, 0.05) is 41.5 Å². The van der Waals surface area contributed by atoms with Gasteiger partial charge in [0.15, 0.2) is 6.61 Å². The van der Waals surface area contributed by atoms with Gasteiger partial charge in [-0.1, -0.05) is 45.4 Å². The van der Waals surface area contributed by atoms with Crippen LogP contribution in [-0.4, -0.2) is 36.7 Å². The van der Waals surface area contributed by atoms with Gasteiger partial charge in [-0.2, -0.15) is 5.10 Å². The summed E-state index contributed by atoms with van der Waals surface area (Å²) in [5.74, 6) is 0.805. The van der Waals surface area contributed by atoms with Gasteiger partial charge in [-0.15, -0.1) is 0 Å². The van der Waals surface area contributed by atoms with E-state index in [1.54, 1.807) is 30.3 Å². The van der Waals surface area contributed by atoms with Crippen molar-refractivity contribution in [2.24, 2.45) is 16.9 Å². The van der Waals surface area contributed by atoms with E-state index in [9.17, 15) is 14.9 Å². The second-order valence-electron chi connectivity index (χ2n) is 8.23. The molecule has 0 heterocycles. The van der Waals surface area contributed by atoms with Crippen LogP contribution in [0.4, 0.5) is 11.4 Å². The number of anilines is 1. The van der Waals surface area contributed by atoms with Crippen molar-refractivity contribution in [2.75, 3.05) is 24.6 Å². The molecule has 2 aromatic carbocycles. The van der Waals surface area contributed by atoms with Crippen LogP contribution in [-0.2, 0) is 4.79 Å².